The number of fused-ring (bicyclic) bond motifs is 1. The van der Waals surface area contributed by atoms with Gasteiger partial charge in [0.15, 0.2) is 0 Å². The van der Waals surface area contributed by atoms with E-state index in [4.69, 9.17) is 4.74 Å². The lowest BCUT2D eigenvalue weighted by Crippen LogP contribution is -2.25. The van der Waals surface area contributed by atoms with E-state index in [1.807, 2.05) is 51.1 Å². The number of hydrogen-bond acceptors (Lipinski definition) is 4. The summed E-state index contributed by atoms with van der Waals surface area (Å²) in [6.07, 6.45) is 0.137. The highest BCUT2D eigenvalue weighted by Crippen LogP contribution is 2.21. The smallest absolute Gasteiger partial charge is 0.338 e. The van der Waals surface area contributed by atoms with E-state index in [-0.39, 0.29) is 24.6 Å². The minimum Gasteiger partial charge on any atom is -0.465 e. The van der Waals surface area contributed by atoms with Crippen molar-refractivity contribution < 1.29 is 14.3 Å². The molecule has 0 spiro atoms. The first-order valence-electron chi connectivity index (χ1n) is 9.54. The van der Waals surface area contributed by atoms with Gasteiger partial charge >= 0.3 is 11.7 Å². The van der Waals surface area contributed by atoms with Crippen LogP contribution in [0.25, 0.3) is 11.0 Å². The van der Waals surface area contributed by atoms with Crippen molar-refractivity contribution in [2.24, 2.45) is 0 Å². The molecule has 3 aromatic rings. The predicted molar refractivity (Wildman–Crippen MR) is 112 cm³/mol. The van der Waals surface area contributed by atoms with Crippen LogP contribution in [0.3, 0.4) is 0 Å². The summed E-state index contributed by atoms with van der Waals surface area (Å²) in [7, 11) is 1.33. The zero-order chi connectivity index (χ0) is 21.1. The van der Waals surface area contributed by atoms with E-state index in [1.54, 1.807) is 15.2 Å². The summed E-state index contributed by atoms with van der Waals surface area (Å²) >= 11 is 0. The van der Waals surface area contributed by atoms with Gasteiger partial charge in [-0.3, -0.25) is 13.9 Å². The Hall–Kier alpha value is -3.35. The van der Waals surface area contributed by atoms with Gasteiger partial charge in [0.25, 0.3) is 0 Å². The molecule has 1 N–H and O–H groups in total. The molecule has 2 aromatic carbocycles. The van der Waals surface area contributed by atoms with Gasteiger partial charge in [0.2, 0.25) is 5.91 Å². The summed E-state index contributed by atoms with van der Waals surface area (Å²) in [5, 5.41) is 2.82. The monoisotopic (exact) mass is 395 g/mol. The van der Waals surface area contributed by atoms with Gasteiger partial charge in [-0.05, 0) is 56.2 Å². The fourth-order valence-electron chi connectivity index (χ4n) is 3.48. The first kappa shape index (κ1) is 20.4. The number of methoxy groups -OCH3 is 1. The predicted octanol–water partition coefficient (Wildman–Crippen LogP) is 3.26. The van der Waals surface area contributed by atoms with Gasteiger partial charge in [0, 0.05) is 25.2 Å². The molecule has 0 atom stereocenters. The average molecular weight is 395 g/mol. The number of carbonyl (C=O) groups excluding carboxylic acids is 2. The van der Waals surface area contributed by atoms with E-state index in [9.17, 15) is 14.4 Å². The van der Waals surface area contributed by atoms with Crippen LogP contribution in [-0.4, -0.2) is 28.1 Å². The van der Waals surface area contributed by atoms with E-state index < -0.39 is 5.97 Å². The Balaban J connectivity index is 1.79. The number of rotatable bonds is 6. The highest BCUT2D eigenvalue weighted by Gasteiger charge is 2.15. The Morgan fingerprint density at radius 3 is 2.34 bits per heavy atom. The molecule has 0 unspecified atom stereocenters. The maximum atomic E-state index is 12.7. The van der Waals surface area contributed by atoms with E-state index >= 15 is 0 Å². The van der Waals surface area contributed by atoms with Crippen LogP contribution >= 0.6 is 0 Å². The minimum absolute atomic E-state index is 0.124. The molecule has 7 heteroatoms. The second kappa shape index (κ2) is 8.34. The summed E-state index contributed by atoms with van der Waals surface area (Å²) in [5.41, 5.74) is 4.19. The lowest BCUT2D eigenvalue weighted by Gasteiger charge is -2.12. The Kier molecular flexibility index (Phi) is 5.87. The maximum absolute atomic E-state index is 12.7. The van der Waals surface area contributed by atoms with Gasteiger partial charge < -0.3 is 10.1 Å². The Bertz CT molecular complexity index is 1140. The molecular weight excluding hydrogens is 370 g/mol. The molecule has 0 saturated carbocycles. The number of benzene rings is 2. The molecule has 0 aliphatic carbocycles. The molecule has 7 nitrogen and oxygen atoms in total. The summed E-state index contributed by atoms with van der Waals surface area (Å²) in [6.45, 7) is 6.47. The van der Waals surface area contributed by atoms with Gasteiger partial charge in [-0.2, -0.15) is 0 Å². The van der Waals surface area contributed by atoms with Gasteiger partial charge in [0.1, 0.15) is 0 Å². The number of aryl methyl sites for hydroxylation is 3. The molecule has 0 aliphatic rings. The lowest BCUT2D eigenvalue weighted by molar-refractivity contribution is -0.116. The number of anilines is 1. The number of carbonyl (C=O) groups is 2. The number of aromatic nitrogens is 2. The number of nitrogens with zero attached hydrogens (tertiary/aromatic N) is 2. The fraction of sp³-hybridized carbons (Fsp3) is 0.318. The third kappa shape index (κ3) is 3.94. The molecule has 29 heavy (non-hydrogen) atoms. The van der Waals surface area contributed by atoms with E-state index in [2.05, 4.69) is 5.32 Å². The van der Waals surface area contributed by atoms with Crippen LogP contribution in [0, 0.1) is 13.8 Å². The molecule has 0 aliphatic heterocycles. The number of para-hydroxylation sites is 2. The van der Waals surface area contributed by atoms with Crippen LogP contribution in [0.1, 0.15) is 34.8 Å². The number of amides is 1. The van der Waals surface area contributed by atoms with Crippen molar-refractivity contribution in [3.63, 3.8) is 0 Å². The molecule has 152 valence electrons. The number of imidazole rings is 1. The van der Waals surface area contributed by atoms with Gasteiger partial charge in [-0.15, -0.1) is 0 Å². The van der Waals surface area contributed by atoms with Crippen LogP contribution < -0.4 is 11.0 Å². The number of nitrogens with one attached hydrogen (secondary N) is 1. The molecule has 0 bridgehead atoms. The Morgan fingerprint density at radius 1 is 1.07 bits per heavy atom. The maximum Gasteiger partial charge on any atom is 0.338 e. The number of hydrogen-bond donors (Lipinski definition) is 1. The zero-order valence-corrected chi connectivity index (χ0v) is 17.1. The van der Waals surface area contributed by atoms with Crippen molar-refractivity contribution in [1.29, 1.82) is 0 Å². The minimum atomic E-state index is -0.444. The van der Waals surface area contributed by atoms with Crippen molar-refractivity contribution in [2.75, 3.05) is 12.4 Å². The van der Waals surface area contributed by atoms with Gasteiger partial charge in [-0.25, -0.2) is 9.59 Å². The molecule has 0 saturated heterocycles. The summed E-state index contributed by atoms with van der Waals surface area (Å²) in [5.74, 6) is -0.676. The molecular formula is C22H25N3O4. The lowest BCUT2D eigenvalue weighted by atomic mass is 10.0. The molecule has 1 amide bonds. The first-order valence-corrected chi connectivity index (χ1v) is 9.54. The van der Waals surface area contributed by atoms with Crippen molar-refractivity contribution in [2.45, 2.75) is 40.3 Å². The normalized spacial score (nSPS) is 10.9. The third-order valence-electron chi connectivity index (χ3n) is 5.16. The quantitative estimate of drug-likeness (QED) is 0.650. The Morgan fingerprint density at radius 2 is 1.72 bits per heavy atom. The highest BCUT2D eigenvalue weighted by molar-refractivity contribution is 5.96. The topological polar surface area (TPSA) is 82.3 Å². The van der Waals surface area contributed by atoms with Gasteiger partial charge in [0.05, 0.1) is 23.7 Å². The van der Waals surface area contributed by atoms with Crippen molar-refractivity contribution in [1.82, 2.24) is 9.13 Å². The standard InChI is InChI=1S/C22H25N3O4/c1-5-24-18-8-6-7-9-19(18)25(22(24)28)11-10-20(26)23-16-12-14(2)15(3)17(13-16)21(27)29-4/h6-9,12-13H,5,10-11H2,1-4H3,(H,23,26). The van der Waals surface area contributed by atoms with E-state index in [0.717, 1.165) is 22.2 Å². The van der Waals surface area contributed by atoms with E-state index in [1.165, 1.54) is 7.11 Å². The van der Waals surface area contributed by atoms with Crippen molar-refractivity contribution >= 4 is 28.6 Å². The fourth-order valence-corrected chi connectivity index (χ4v) is 3.48. The van der Waals surface area contributed by atoms with Gasteiger partial charge in [-0.1, -0.05) is 12.1 Å². The van der Waals surface area contributed by atoms with Crippen molar-refractivity contribution in [3.8, 4) is 0 Å². The average Bonchev–Trinajstić information content (AvgIpc) is 2.98. The molecule has 0 radical (unpaired) electrons. The number of ether oxygens (including phenoxy) is 1. The van der Waals surface area contributed by atoms with Crippen LogP contribution in [0.15, 0.2) is 41.2 Å². The summed E-state index contributed by atoms with van der Waals surface area (Å²) < 4.78 is 8.13. The summed E-state index contributed by atoms with van der Waals surface area (Å²) in [4.78, 5) is 37.1. The van der Waals surface area contributed by atoms with Crippen LogP contribution in [0.2, 0.25) is 0 Å². The summed E-state index contributed by atoms with van der Waals surface area (Å²) in [6, 6.07) is 11.0. The molecule has 3 rings (SSSR count). The zero-order valence-electron chi connectivity index (χ0n) is 17.1. The van der Waals surface area contributed by atoms with Crippen LogP contribution in [-0.2, 0) is 22.6 Å². The number of esters is 1. The van der Waals surface area contributed by atoms with E-state index in [0.29, 0.717) is 17.8 Å². The molecule has 0 fully saturated rings. The second-order valence-electron chi connectivity index (χ2n) is 6.92. The highest BCUT2D eigenvalue weighted by atomic mass is 16.5. The largest absolute Gasteiger partial charge is 0.465 e. The first-order chi connectivity index (χ1) is 13.9. The molecule has 1 heterocycles. The molecule has 1 aromatic heterocycles. The SMILES string of the molecule is CCn1c(=O)n(CCC(=O)Nc2cc(C)c(C)c(C(=O)OC)c2)c2ccccc21. The Labute approximate surface area is 168 Å². The third-order valence-corrected chi connectivity index (χ3v) is 5.16. The second-order valence-corrected chi connectivity index (χ2v) is 6.92. The van der Waals surface area contributed by atoms with Crippen molar-refractivity contribution in [3.05, 3.63) is 63.6 Å². The van der Waals surface area contributed by atoms with Crippen LogP contribution in [0.5, 0.6) is 0 Å². The van der Waals surface area contributed by atoms with Crippen LogP contribution in [0.4, 0.5) is 5.69 Å².